The van der Waals surface area contributed by atoms with Crippen LogP contribution in [0.3, 0.4) is 0 Å². The molecule has 0 spiro atoms. The number of rotatable bonds is 4. The molecule has 0 amide bonds. The first-order chi connectivity index (χ1) is 15.7. The summed E-state index contributed by atoms with van der Waals surface area (Å²) in [6, 6.07) is 15.4. The van der Waals surface area contributed by atoms with Gasteiger partial charge in [0.2, 0.25) is 5.65 Å². The molecule has 8 nitrogen and oxygen atoms in total. The Morgan fingerprint density at radius 3 is 2.81 bits per heavy atom. The van der Waals surface area contributed by atoms with E-state index in [4.69, 9.17) is 23.2 Å². The van der Waals surface area contributed by atoms with Crippen molar-refractivity contribution >= 4 is 45.3 Å². The predicted molar refractivity (Wildman–Crippen MR) is 123 cm³/mol. The molecule has 0 atom stereocenters. The Kier molecular flexibility index (Phi) is 4.41. The number of H-pyrrole nitrogens is 1. The van der Waals surface area contributed by atoms with Crippen molar-refractivity contribution < 1.29 is 0 Å². The van der Waals surface area contributed by atoms with Crippen LogP contribution in [-0.2, 0) is 6.54 Å². The standard InChI is InChI=1S/C22H14Cl2N8/c23-16-3-1-14(18(24)8-16)12-31-20(5-6-27-31)15-7-21-22(25-10-15)29-30-32(21)17-4-2-13-11-26-28-19(13)9-17/h1-11H,12H2,(H,26,28). The van der Waals surface area contributed by atoms with E-state index >= 15 is 0 Å². The van der Waals surface area contributed by atoms with E-state index in [9.17, 15) is 0 Å². The van der Waals surface area contributed by atoms with Gasteiger partial charge >= 0.3 is 0 Å². The van der Waals surface area contributed by atoms with Crippen molar-refractivity contribution in [1.82, 2.24) is 40.0 Å². The van der Waals surface area contributed by atoms with Crippen molar-refractivity contribution in [3.63, 3.8) is 0 Å². The first-order valence-corrected chi connectivity index (χ1v) is 10.5. The second-order valence-corrected chi connectivity index (χ2v) is 8.16. The van der Waals surface area contributed by atoms with Crippen molar-refractivity contribution in [3.8, 4) is 16.9 Å². The van der Waals surface area contributed by atoms with Crippen LogP contribution in [0.15, 0.2) is 67.1 Å². The van der Waals surface area contributed by atoms with E-state index in [-0.39, 0.29) is 0 Å². The van der Waals surface area contributed by atoms with E-state index in [1.807, 2.05) is 47.1 Å². The molecule has 0 unspecified atom stereocenters. The Labute approximate surface area is 191 Å². The molecule has 4 heterocycles. The third-order valence-corrected chi connectivity index (χ3v) is 5.91. The average Bonchev–Trinajstić information content (AvgIpc) is 3.54. The maximum Gasteiger partial charge on any atom is 0.202 e. The molecule has 0 aliphatic rings. The normalized spacial score (nSPS) is 11.6. The number of aromatic nitrogens is 8. The summed E-state index contributed by atoms with van der Waals surface area (Å²) in [5.41, 5.74) is 5.87. The number of aromatic amines is 1. The first-order valence-electron chi connectivity index (χ1n) is 9.77. The van der Waals surface area contributed by atoms with E-state index in [2.05, 4.69) is 30.6 Å². The number of hydrogen-bond acceptors (Lipinski definition) is 5. The number of hydrogen-bond donors (Lipinski definition) is 1. The zero-order chi connectivity index (χ0) is 21.7. The molecule has 10 heteroatoms. The van der Waals surface area contributed by atoms with E-state index < -0.39 is 0 Å². The van der Waals surface area contributed by atoms with Gasteiger partial charge in [0.05, 0.1) is 29.6 Å². The van der Waals surface area contributed by atoms with Crippen LogP contribution < -0.4 is 0 Å². The Hall–Kier alpha value is -3.75. The summed E-state index contributed by atoms with van der Waals surface area (Å²) >= 11 is 12.4. The Bertz CT molecular complexity index is 1600. The van der Waals surface area contributed by atoms with Gasteiger partial charge in [-0.2, -0.15) is 10.2 Å². The third kappa shape index (κ3) is 3.21. The molecule has 0 aliphatic heterocycles. The van der Waals surface area contributed by atoms with Crippen LogP contribution in [0.25, 0.3) is 39.0 Å². The van der Waals surface area contributed by atoms with Crippen LogP contribution in [0.1, 0.15) is 5.56 Å². The van der Waals surface area contributed by atoms with E-state index in [0.29, 0.717) is 22.2 Å². The number of pyridine rings is 1. The van der Waals surface area contributed by atoms with E-state index in [1.165, 1.54) is 0 Å². The van der Waals surface area contributed by atoms with Gasteiger partial charge in [0.25, 0.3) is 0 Å². The van der Waals surface area contributed by atoms with Crippen LogP contribution in [0.2, 0.25) is 10.0 Å². The molecular formula is C22H14Cl2N8. The van der Waals surface area contributed by atoms with Gasteiger partial charge in [-0.3, -0.25) is 9.78 Å². The van der Waals surface area contributed by atoms with Crippen molar-refractivity contribution in [2.24, 2.45) is 0 Å². The molecule has 0 saturated heterocycles. The first kappa shape index (κ1) is 19.0. The van der Waals surface area contributed by atoms with Crippen LogP contribution in [0.4, 0.5) is 0 Å². The topological polar surface area (TPSA) is 90.1 Å². The smallest absolute Gasteiger partial charge is 0.202 e. The Morgan fingerprint density at radius 2 is 1.91 bits per heavy atom. The highest BCUT2D eigenvalue weighted by Crippen LogP contribution is 2.27. The molecule has 0 saturated carbocycles. The molecule has 0 aliphatic carbocycles. The van der Waals surface area contributed by atoms with Crippen LogP contribution in [-0.4, -0.2) is 40.0 Å². The second kappa shape index (κ2) is 7.44. The Balaban J connectivity index is 1.42. The maximum atomic E-state index is 6.37. The lowest BCUT2D eigenvalue weighted by Gasteiger charge is -2.10. The number of halogens is 2. The lowest BCUT2D eigenvalue weighted by Crippen LogP contribution is -2.04. The molecule has 32 heavy (non-hydrogen) atoms. The van der Waals surface area contributed by atoms with Crippen molar-refractivity contribution in [1.29, 1.82) is 0 Å². The summed E-state index contributed by atoms with van der Waals surface area (Å²) < 4.78 is 3.64. The largest absolute Gasteiger partial charge is 0.278 e. The summed E-state index contributed by atoms with van der Waals surface area (Å²) in [5, 5.41) is 22.3. The van der Waals surface area contributed by atoms with Gasteiger partial charge < -0.3 is 0 Å². The lowest BCUT2D eigenvalue weighted by molar-refractivity contribution is 0.694. The van der Waals surface area contributed by atoms with Gasteiger partial charge in [0, 0.05) is 33.4 Å². The Morgan fingerprint density at radius 1 is 0.969 bits per heavy atom. The minimum absolute atomic E-state index is 0.504. The summed E-state index contributed by atoms with van der Waals surface area (Å²) in [6.07, 6.45) is 5.31. The quantitative estimate of drug-likeness (QED) is 0.403. The molecule has 6 rings (SSSR count). The zero-order valence-corrected chi connectivity index (χ0v) is 18.0. The highest BCUT2D eigenvalue weighted by atomic mass is 35.5. The molecule has 156 valence electrons. The molecule has 1 N–H and O–H groups in total. The highest BCUT2D eigenvalue weighted by Gasteiger charge is 2.14. The van der Waals surface area contributed by atoms with Gasteiger partial charge in [-0.15, -0.1) is 5.10 Å². The molecule has 0 radical (unpaired) electrons. The molecule has 2 aromatic carbocycles. The molecule has 4 aromatic heterocycles. The number of fused-ring (bicyclic) bond motifs is 2. The summed E-state index contributed by atoms with van der Waals surface area (Å²) in [6.45, 7) is 0.504. The van der Waals surface area contributed by atoms with Gasteiger partial charge in [-0.1, -0.05) is 34.5 Å². The molecule has 0 bridgehead atoms. The van der Waals surface area contributed by atoms with Crippen molar-refractivity contribution in [2.45, 2.75) is 6.54 Å². The summed E-state index contributed by atoms with van der Waals surface area (Å²) in [7, 11) is 0. The number of nitrogens with zero attached hydrogens (tertiary/aromatic N) is 7. The minimum Gasteiger partial charge on any atom is -0.278 e. The second-order valence-electron chi connectivity index (χ2n) is 7.32. The monoisotopic (exact) mass is 460 g/mol. The SMILES string of the molecule is Clc1ccc(Cn2nccc2-c2cnc3nnn(-c4ccc5cn[nH]c5c4)c3c2)c(Cl)c1. The molecule has 0 fully saturated rings. The van der Waals surface area contributed by atoms with E-state index in [1.54, 1.807) is 29.3 Å². The fourth-order valence-electron chi connectivity index (χ4n) is 3.72. The molecular weight excluding hydrogens is 447 g/mol. The van der Waals surface area contributed by atoms with Crippen molar-refractivity contribution in [3.05, 3.63) is 82.7 Å². The van der Waals surface area contributed by atoms with E-state index in [0.717, 1.165) is 38.9 Å². The number of nitrogens with one attached hydrogen (secondary N) is 1. The van der Waals surface area contributed by atoms with Crippen LogP contribution in [0.5, 0.6) is 0 Å². The maximum absolute atomic E-state index is 6.37. The van der Waals surface area contributed by atoms with Crippen LogP contribution in [0, 0.1) is 0 Å². The highest BCUT2D eigenvalue weighted by molar-refractivity contribution is 6.35. The van der Waals surface area contributed by atoms with Crippen molar-refractivity contribution in [2.75, 3.05) is 0 Å². The fourth-order valence-corrected chi connectivity index (χ4v) is 4.19. The van der Waals surface area contributed by atoms with Gasteiger partial charge in [0.1, 0.15) is 5.52 Å². The predicted octanol–water partition coefficient (Wildman–Crippen LogP) is 4.91. The average molecular weight is 461 g/mol. The van der Waals surface area contributed by atoms with Gasteiger partial charge in [-0.05, 0) is 48.0 Å². The summed E-state index contributed by atoms with van der Waals surface area (Å²) in [5.74, 6) is 0. The van der Waals surface area contributed by atoms with Crippen LogP contribution >= 0.6 is 23.2 Å². The zero-order valence-electron chi connectivity index (χ0n) is 16.4. The van der Waals surface area contributed by atoms with Gasteiger partial charge in [0.15, 0.2) is 0 Å². The third-order valence-electron chi connectivity index (χ3n) is 5.32. The van der Waals surface area contributed by atoms with Gasteiger partial charge in [-0.25, -0.2) is 9.67 Å². The molecule has 6 aromatic rings. The minimum atomic E-state index is 0.504. The number of benzene rings is 2. The summed E-state index contributed by atoms with van der Waals surface area (Å²) in [4.78, 5) is 4.51. The lowest BCUT2D eigenvalue weighted by atomic mass is 10.1. The fraction of sp³-hybridized carbons (Fsp3) is 0.0455.